The summed E-state index contributed by atoms with van der Waals surface area (Å²) in [5.74, 6) is -0.484. The number of hydroxylamine groups is 1. The number of ether oxygens (including phenoxy) is 2. The highest BCUT2D eigenvalue weighted by Gasteiger charge is 2.05. The van der Waals surface area contributed by atoms with Crippen molar-refractivity contribution in [2.45, 2.75) is 0 Å². The molecule has 1 N–H and O–H groups in total. The molecule has 0 aliphatic heterocycles. The lowest BCUT2D eigenvalue weighted by Gasteiger charge is -2.06. The Balaban J connectivity index is 2.16. The summed E-state index contributed by atoms with van der Waals surface area (Å²) in [4.78, 5) is 26.4. The highest BCUT2D eigenvalue weighted by Crippen LogP contribution is 2.07. The van der Waals surface area contributed by atoms with Crippen LogP contribution < -0.4 is 10.2 Å². The predicted molar refractivity (Wildman–Crippen MR) is 58.0 cm³/mol. The number of esters is 1. The average molecular weight is 239 g/mol. The zero-order valence-corrected chi connectivity index (χ0v) is 9.34. The molecule has 0 fully saturated rings. The van der Waals surface area contributed by atoms with E-state index in [9.17, 15) is 9.59 Å². The number of para-hydroxylation sites is 1. The Labute approximate surface area is 98.4 Å². The second-order valence-corrected chi connectivity index (χ2v) is 2.99. The minimum absolute atomic E-state index is 0.189. The molecule has 6 heteroatoms. The first-order chi connectivity index (χ1) is 8.22. The van der Waals surface area contributed by atoms with Gasteiger partial charge >= 0.3 is 5.97 Å². The van der Waals surface area contributed by atoms with Gasteiger partial charge in [-0.25, -0.2) is 10.3 Å². The molecule has 0 aliphatic carbocycles. The smallest absolute Gasteiger partial charge is 0.334 e. The van der Waals surface area contributed by atoms with Crippen LogP contribution in [0.4, 0.5) is 0 Å². The number of benzene rings is 1. The summed E-state index contributed by atoms with van der Waals surface area (Å²) in [6.45, 7) is -0.529. The van der Waals surface area contributed by atoms with Gasteiger partial charge in [0.1, 0.15) is 5.75 Å². The summed E-state index contributed by atoms with van der Waals surface area (Å²) in [5.41, 5.74) is 2.05. The quantitative estimate of drug-likeness (QED) is 0.570. The SMILES string of the molecule is COC(=O)CONC(=O)COc1ccccc1. The van der Waals surface area contributed by atoms with Crippen LogP contribution in [0.1, 0.15) is 0 Å². The van der Waals surface area contributed by atoms with Crippen LogP contribution in [0.15, 0.2) is 30.3 Å². The summed E-state index contributed by atoms with van der Waals surface area (Å²) >= 11 is 0. The highest BCUT2D eigenvalue weighted by atomic mass is 16.7. The van der Waals surface area contributed by atoms with Gasteiger partial charge in [-0.2, -0.15) is 0 Å². The van der Waals surface area contributed by atoms with Crippen molar-refractivity contribution in [1.82, 2.24) is 5.48 Å². The molecule has 1 rings (SSSR count). The lowest BCUT2D eigenvalue weighted by atomic mass is 10.3. The largest absolute Gasteiger partial charge is 0.484 e. The molecule has 1 aromatic rings. The zero-order chi connectivity index (χ0) is 12.5. The molecule has 0 radical (unpaired) electrons. The number of nitrogens with one attached hydrogen (secondary N) is 1. The van der Waals surface area contributed by atoms with Crippen molar-refractivity contribution in [3.63, 3.8) is 0 Å². The maximum atomic E-state index is 11.2. The van der Waals surface area contributed by atoms with E-state index in [4.69, 9.17) is 4.74 Å². The zero-order valence-electron chi connectivity index (χ0n) is 9.34. The second-order valence-electron chi connectivity index (χ2n) is 2.99. The molecule has 0 saturated heterocycles. The molecule has 17 heavy (non-hydrogen) atoms. The summed E-state index contributed by atoms with van der Waals surface area (Å²) in [7, 11) is 1.23. The van der Waals surface area contributed by atoms with Gasteiger partial charge in [-0.1, -0.05) is 18.2 Å². The standard InChI is InChI=1S/C11H13NO5/c1-15-11(14)8-17-12-10(13)7-16-9-5-3-2-4-6-9/h2-6H,7-8H2,1H3,(H,12,13). The van der Waals surface area contributed by atoms with Crippen LogP contribution in [-0.4, -0.2) is 32.2 Å². The number of methoxy groups -OCH3 is 1. The Hall–Kier alpha value is -2.08. The monoisotopic (exact) mass is 239 g/mol. The van der Waals surface area contributed by atoms with E-state index in [0.29, 0.717) is 5.75 Å². The Morgan fingerprint density at radius 2 is 1.88 bits per heavy atom. The van der Waals surface area contributed by atoms with E-state index in [1.54, 1.807) is 24.3 Å². The molecule has 0 heterocycles. The van der Waals surface area contributed by atoms with Crippen LogP contribution in [0.3, 0.4) is 0 Å². The van der Waals surface area contributed by atoms with Crippen molar-refractivity contribution < 1.29 is 23.9 Å². The predicted octanol–water partition coefficient (Wildman–Crippen LogP) is 0.286. The third-order valence-electron chi connectivity index (χ3n) is 1.72. The van der Waals surface area contributed by atoms with Crippen molar-refractivity contribution in [3.05, 3.63) is 30.3 Å². The minimum Gasteiger partial charge on any atom is -0.484 e. The van der Waals surface area contributed by atoms with E-state index < -0.39 is 11.9 Å². The number of carbonyl (C=O) groups excluding carboxylic acids is 2. The Kier molecular flexibility index (Phi) is 5.53. The first-order valence-electron chi connectivity index (χ1n) is 4.87. The highest BCUT2D eigenvalue weighted by molar-refractivity contribution is 5.77. The van der Waals surface area contributed by atoms with Gasteiger partial charge in [0, 0.05) is 0 Å². The van der Waals surface area contributed by atoms with E-state index in [-0.39, 0.29) is 13.2 Å². The minimum atomic E-state index is -0.575. The van der Waals surface area contributed by atoms with Gasteiger partial charge in [0.25, 0.3) is 5.91 Å². The molecule has 0 unspecified atom stereocenters. The van der Waals surface area contributed by atoms with Crippen molar-refractivity contribution in [2.24, 2.45) is 0 Å². The summed E-state index contributed by atoms with van der Waals surface area (Å²) in [6.07, 6.45) is 0. The van der Waals surface area contributed by atoms with Crippen molar-refractivity contribution in [1.29, 1.82) is 0 Å². The van der Waals surface area contributed by atoms with Crippen LogP contribution >= 0.6 is 0 Å². The Bertz CT molecular complexity index is 365. The first kappa shape index (κ1) is 13.0. The summed E-state index contributed by atoms with van der Waals surface area (Å²) in [6, 6.07) is 8.87. The molecule has 0 aliphatic rings. The molecule has 0 bridgehead atoms. The fourth-order valence-corrected chi connectivity index (χ4v) is 0.929. The number of carbonyl (C=O) groups is 2. The molecule has 0 spiro atoms. The lowest BCUT2D eigenvalue weighted by Crippen LogP contribution is -2.31. The van der Waals surface area contributed by atoms with Crippen molar-refractivity contribution >= 4 is 11.9 Å². The molecule has 0 aromatic heterocycles. The van der Waals surface area contributed by atoms with E-state index in [1.165, 1.54) is 7.11 Å². The normalized spacial score (nSPS) is 9.47. The molecular weight excluding hydrogens is 226 g/mol. The maximum Gasteiger partial charge on any atom is 0.334 e. The molecule has 1 aromatic carbocycles. The van der Waals surface area contributed by atoms with Crippen molar-refractivity contribution in [2.75, 3.05) is 20.3 Å². The Morgan fingerprint density at radius 1 is 1.18 bits per heavy atom. The van der Waals surface area contributed by atoms with E-state index in [0.717, 1.165) is 0 Å². The maximum absolute atomic E-state index is 11.2. The third-order valence-corrected chi connectivity index (χ3v) is 1.72. The van der Waals surface area contributed by atoms with Gasteiger partial charge in [0.05, 0.1) is 7.11 Å². The molecule has 92 valence electrons. The van der Waals surface area contributed by atoms with Crippen LogP contribution in [0, 0.1) is 0 Å². The second kappa shape index (κ2) is 7.24. The fraction of sp³-hybridized carbons (Fsp3) is 0.273. The third kappa shape index (κ3) is 5.53. The van der Waals surface area contributed by atoms with Gasteiger partial charge in [0.2, 0.25) is 0 Å². The lowest BCUT2D eigenvalue weighted by molar-refractivity contribution is -0.152. The van der Waals surface area contributed by atoms with E-state index in [1.807, 2.05) is 6.07 Å². The van der Waals surface area contributed by atoms with E-state index in [2.05, 4.69) is 15.1 Å². The molecule has 1 amide bonds. The first-order valence-corrected chi connectivity index (χ1v) is 4.87. The van der Waals surface area contributed by atoms with Gasteiger partial charge in [-0.3, -0.25) is 9.63 Å². The molecular formula is C11H13NO5. The topological polar surface area (TPSA) is 73.9 Å². The number of rotatable bonds is 6. The van der Waals surface area contributed by atoms with Crippen LogP contribution in [0.2, 0.25) is 0 Å². The van der Waals surface area contributed by atoms with Gasteiger partial charge in [-0.05, 0) is 12.1 Å². The number of amides is 1. The Morgan fingerprint density at radius 3 is 2.53 bits per heavy atom. The van der Waals surface area contributed by atoms with Gasteiger partial charge < -0.3 is 9.47 Å². The van der Waals surface area contributed by atoms with Crippen LogP contribution in [0.5, 0.6) is 5.75 Å². The molecule has 0 saturated carbocycles. The molecule has 0 atom stereocenters. The van der Waals surface area contributed by atoms with Gasteiger partial charge in [-0.15, -0.1) is 0 Å². The van der Waals surface area contributed by atoms with Crippen LogP contribution in [-0.2, 0) is 19.2 Å². The fourth-order valence-electron chi connectivity index (χ4n) is 0.929. The van der Waals surface area contributed by atoms with Gasteiger partial charge in [0.15, 0.2) is 13.2 Å². The van der Waals surface area contributed by atoms with Crippen LogP contribution in [0.25, 0.3) is 0 Å². The van der Waals surface area contributed by atoms with Crippen molar-refractivity contribution in [3.8, 4) is 5.75 Å². The number of hydrogen-bond donors (Lipinski definition) is 1. The summed E-state index contributed by atoms with van der Waals surface area (Å²) < 4.78 is 9.46. The molecule has 6 nitrogen and oxygen atoms in total. The summed E-state index contributed by atoms with van der Waals surface area (Å²) in [5, 5.41) is 0. The van der Waals surface area contributed by atoms with E-state index >= 15 is 0 Å². The average Bonchev–Trinajstić information content (AvgIpc) is 2.37. The number of hydrogen-bond acceptors (Lipinski definition) is 5.